The third-order valence-corrected chi connectivity index (χ3v) is 1.67. The van der Waals surface area contributed by atoms with Gasteiger partial charge in [-0.05, 0) is 0 Å². The smallest absolute Gasteiger partial charge is 0.102 e. The molecule has 6 heteroatoms. The summed E-state index contributed by atoms with van der Waals surface area (Å²) >= 11 is 0. The molecular weight excluding hydrogens is 204 g/mol. The molecule has 2 aromatic heterocycles. The molecule has 2 rings (SSSR count). The lowest BCUT2D eigenvalue weighted by molar-refractivity contribution is 0.767. The van der Waals surface area contributed by atoms with Crippen molar-refractivity contribution in [3.05, 3.63) is 35.9 Å². The highest BCUT2D eigenvalue weighted by Crippen LogP contribution is 1.90. The number of aryl methyl sites for hydroxylation is 2. The van der Waals surface area contributed by atoms with Crippen LogP contribution in [0.1, 0.15) is 11.1 Å². The van der Waals surface area contributed by atoms with Gasteiger partial charge in [0.1, 0.15) is 12.1 Å². The lowest BCUT2D eigenvalue weighted by Gasteiger charge is -1.77. The van der Waals surface area contributed by atoms with Crippen LogP contribution in [-0.2, 0) is 14.1 Å². The second kappa shape index (κ2) is 5.32. The van der Waals surface area contributed by atoms with Crippen molar-refractivity contribution >= 4 is 0 Å². The molecule has 16 heavy (non-hydrogen) atoms. The summed E-state index contributed by atoms with van der Waals surface area (Å²) in [6.07, 6.45) is 6.39. The van der Waals surface area contributed by atoms with Gasteiger partial charge in [0, 0.05) is 26.5 Å². The highest BCUT2D eigenvalue weighted by atomic mass is 15.2. The number of rotatable bonds is 0. The molecule has 0 amide bonds. The van der Waals surface area contributed by atoms with Gasteiger partial charge >= 0.3 is 0 Å². The molecular formula is C10H10N6. The largest absolute Gasteiger partial charge is 0.274 e. The van der Waals surface area contributed by atoms with Gasteiger partial charge in [0.05, 0.1) is 23.5 Å². The van der Waals surface area contributed by atoms with Crippen LogP contribution >= 0.6 is 0 Å². The zero-order chi connectivity index (χ0) is 12.0. The first-order valence-electron chi connectivity index (χ1n) is 4.43. The molecule has 0 bridgehead atoms. The Morgan fingerprint density at radius 1 is 0.938 bits per heavy atom. The molecule has 2 aromatic rings. The topological polar surface area (TPSA) is 83.2 Å². The highest BCUT2D eigenvalue weighted by Gasteiger charge is 1.88. The Balaban J connectivity index is 0.000000160. The van der Waals surface area contributed by atoms with E-state index in [1.807, 2.05) is 12.1 Å². The van der Waals surface area contributed by atoms with Gasteiger partial charge in [0.15, 0.2) is 0 Å². The van der Waals surface area contributed by atoms with Crippen molar-refractivity contribution in [2.75, 3.05) is 0 Å². The Morgan fingerprint density at radius 3 is 1.44 bits per heavy atom. The van der Waals surface area contributed by atoms with E-state index in [9.17, 15) is 0 Å². The minimum absolute atomic E-state index is 0.604. The summed E-state index contributed by atoms with van der Waals surface area (Å²) in [4.78, 5) is 0. The Kier molecular flexibility index (Phi) is 3.82. The Morgan fingerprint density at radius 2 is 1.31 bits per heavy atom. The van der Waals surface area contributed by atoms with Crippen molar-refractivity contribution in [1.82, 2.24) is 19.6 Å². The lowest BCUT2D eigenvalue weighted by Crippen LogP contribution is -1.83. The fraction of sp³-hybridized carbons (Fsp3) is 0.200. The van der Waals surface area contributed by atoms with E-state index in [2.05, 4.69) is 10.2 Å². The summed E-state index contributed by atoms with van der Waals surface area (Å²) in [5.41, 5.74) is 1.21. The Bertz CT molecular complexity index is 486. The van der Waals surface area contributed by atoms with E-state index < -0.39 is 0 Å². The van der Waals surface area contributed by atoms with Crippen LogP contribution in [0.2, 0.25) is 0 Å². The predicted molar refractivity (Wildman–Crippen MR) is 55.8 cm³/mol. The summed E-state index contributed by atoms with van der Waals surface area (Å²) in [7, 11) is 3.56. The lowest BCUT2D eigenvalue weighted by atomic mass is 10.4. The molecule has 80 valence electrons. The number of hydrogen-bond donors (Lipinski definition) is 0. The van der Waals surface area contributed by atoms with Crippen molar-refractivity contribution in [3.8, 4) is 12.1 Å². The average molecular weight is 214 g/mol. The van der Waals surface area contributed by atoms with Crippen molar-refractivity contribution < 1.29 is 0 Å². The molecule has 0 aliphatic carbocycles. The van der Waals surface area contributed by atoms with E-state index in [4.69, 9.17) is 10.5 Å². The summed E-state index contributed by atoms with van der Waals surface area (Å²) < 4.78 is 3.19. The number of aromatic nitrogens is 4. The SMILES string of the molecule is Cn1cc(C#N)cn1.Cn1cc(C#N)cn1. The number of nitriles is 2. The van der Waals surface area contributed by atoms with Crippen molar-refractivity contribution in [2.24, 2.45) is 14.1 Å². The summed E-state index contributed by atoms with van der Waals surface area (Å²) in [5.74, 6) is 0. The number of nitrogens with zero attached hydrogens (tertiary/aromatic N) is 6. The molecule has 0 N–H and O–H groups in total. The van der Waals surface area contributed by atoms with Gasteiger partial charge in [0.25, 0.3) is 0 Å². The van der Waals surface area contributed by atoms with Crippen LogP contribution in [0.3, 0.4) is 0 Å². The van der Waals surface area contributed by atoms with E-state index >= 15 is 0 Å². The highest BCUT2D eigenvalue weighted by molar-refractivity contribution is 5.21. The first-order chi connectivity index (χ1) is 7.65. The molecule has 6 nitrogen and oxygen atoms in total. The first kappa shape index (κ1) is 11.5. The maximum Gasteiger partial charge on any atom is 0.102 e. The minimum atomic E-state index is 0.604. The van der Waals surface area contributed by atoms with Crippen molar-refractivity contribution in [3.63, 3.8) is 0 Å². The Hall–Kier alpha value is -2.60. The van der Waals surface area contributed by atoms with Gasteiger partial charge in [-0.3, -0.25) is 9.36 Å². The van der Waals surface area contributed by atoms with Gasteiger partial charge in [-0.15, -0.1) is 0 Å². The fourth-order valence-corrected chi connectivity index (χ4v) is 0.958. The van der Waals surface area contributed by atoms with Crippen molar-refractivity contribution in [2.45, 2.75) is 0 Å². The molecule has 0 unspecified atom stereocenters. The van der Waals surface area contributed by atoms with Crippen LogP contribution in [-0.4, -0.2) is 19.6 Å². The maximum atomic E-state index is 8.25. The molecule has 0 radical (unpaired) electrons. The zero-order valence-electron chi connectivity index (χ0n) is 8.99. The zero-order valence-corrected chi connectivity index (χ0v) is 8.99. The maximum absolute atomic E-state index is 8.25. The first-order valence-corrected chi connectivity index (χ1v) is 4.43. The van der Waals surface area contributed by atoms with Crippen LogP contribution < -0.4 is 0 Å². The van der Waals surface area contributed by atoms with E-state index in [-0.39, 0.29) is 0 Å². The van der Waals surface area contributed by atoms with Gasteiger partial charge in [0.2, 0.25) is 0 Å². The van der Waals surface area contributed by atoms with E-state index in [1.54, 1.807) is 35.9 Å². The second-order valence-corrected chi connectivity index (χ2v) is 3.03. The molecule has 0 aliphatic heterocycles. The van der Waals surface area contributed by atoms with Crippen LogP contribution in [0.5, 0.6) is 0 Å². The quantitative estimate of drug-likeness (QED) is 0.642. The van der Waals surface area contributed by atoms with Crippen molar-refractivity contribution in [1.29, 1.82) is 10.5 Å². The third kappa shape index (κ3) is 3.28. The molecule has 0 fully saturated rings. The number of hydrogen-bond acceptors (Lipinski definition) is 4. The van der Waals surface area contributed by atoms with Crippen LogP contribution in [0.25, 0.3) is 0 Å². The van der Waals surface area contributed by atoms with Gasteiger partial charge in [-0.2, -0.15) is 20.7 Å². The predicted octanol–water partition coefficient (Wildman–Crippen LogP) is 0.584. The third-order valence-electron chi connectivity index (χ3n) is 1.67. The molecule has 0 spiro atoms. The minimum Gasteiger partial charge on any atom is -0.274 e. The van der Waals surface area contributed by atoms with E-state index in [0.717, 1.165) is 0 Å². The normalized spacial score (nSPS) is 8.50. The summed E-state index contributed by atoms with van der Waals surface area (Å²) in [5, 5.41) is 24.1. The summed E-state index contributed by atoms with van der Waals surface area (Å²) in [6.45, 7) is 0. The van der Waals surface area contributed by atoms with E-state index in [1.165, 1.54) is 12.4 Å². The van der Waals surface area contributed by atoms with Gasteiger partial charge < -0.3 is 0 Å². The van der Waals surface area contributed by atoms with Gasteiger partial charge in [-0.1, -0.05) is 0 Å². The molecule has 0 saturated carbocycles. The molecule has 0 saturated heterocycles. The molecule has 2 heterocycles. The molecule has 0 atom stereocenters. The second-order valence-electron chi connectivity index (χ2n) is 3.03. The van der Waals surface area contributed by atoms with E-state index in [0.29, 0.717) is 11.1 Å². The monoisotopic (exact) mass is 214 g/mol. The Labute approximate surface area is 93.0 Å². The fourth-order valence-electron chi connectivity index (χ4n) is 0.958. The van der Waals surface area contributed by atoms with Crippen LogP contribution in [0, 0.1) is 22.7 Å². The average Bonchev–Trinajstić information content (AvgIpc) is 2.88. The molecule has 0 aliphatic rings. The van der Waals surface area contributed by atoms with Crippen LogP contribution in [0.4, 0.5) is 0 Å². The molecule has 0 aromatic carbocycles. The van der Waals surface area contributed by atoms with Gasteiger partial charge in [-0.25, -0.2) is 0 Å². The standard InChI is InChI=1S/2C5H5N3/c2*1-8-4-5(2-6)3-7-8/h2*3-4H,1H3. The van der Waals surface area contributed by atoms with Crippen LogP contribution in [0.15, 0.2) is 24.8 Å². The summed E-state index contributed by atoms with van der Waals surface area (Å²) in [6, 6.07) is 3.93.